The number of H-pyrrole nitrogens is 1. The highest BCUT2D eigenvalue weighted by atomic mass is 79.9. The van der Waals surface area contributed by atoms with E-state index in [0.717, 1.165) is 15.5 Å². The fourth-order valence-electron chi connectivity index (χ4n) is 2.84. The number of aromatic amines is 1. The van der Waals surface area contributed by atoms with E-state index in [1.807, 2.05) is 0 Å². The van der Waals surface area contributed by atoms with Crippen LogP contribution in [0.5, 0.6) is 0 Å². The van der Waals surface area contributed by atoms with Gasteiger partial charge in [0, 0.05) is 9.89 Å². The molecule has 0 saturated heterocycles. The zero-order chi connectivity index (χ0) is 11.9. The predicted octanol–water partition coefficient (Wildman–Crippen LogP) is 4.55. The third-order valence-electron chi connectivity index (χ3n) is 3.97. The number of rotatable bonds is 1. The number of nitrogens with zero attached hydrogens (tertiary/aromatic N) is 1. The summed E-state index contributed by atoms with van der Waals surface area (Å²) in [6.45, 7) is 2.35. The Balaban J connectivity index is 2.05. The van der Waals surface area contributed by atoms with E-state index in [2.05, 4.69) is 46.0 Å². The zero-order valence-corrected chi connectivity index (χ0v) is 11.7. The number of fused-ring (bicyclic) bond motifs is 1. The average molecular weight is 293 g/mol. The van der Waals surface area contributed by atoms with Gasteiger partial charge >= 0.3 is 0 Å². The van der Waals surface area contributed by atoms with E-state index >= 15 is 0 Å². The second-order valence-corrected chi connectivity index (χ2v) is 6.28. The maximum Gasteiger partial charge on any atom is 0.113 e. The van der Waals surface area contributed by atoms with Gasteiger partial charge < -0.3 is 4.98 Å². The van der Waals surface area contributed by atoms with Crippen LogP contribution in [0.15, 0.2) is 22.7 Å². The van der Waals surface area contributed by atoms with Crippen molar-refractivity contribution in [2.75, 3.05) is 0 Å². The first-order chi connectivity index (χ1) is 8.17. The summed E-state index contributed by atoms with van der Waals surface area (Å²) in [5.41, 5.74) is 2.47. The standard InChI is InChI=1S/C14H17BrN2/c1-14(7-3-2-4-8-14)13-16-11-6-5-10(15)9-12(11)17-13/h5-6,9H,2-4,7-8H2,1H3,(H,16,17). The van der Waals surface area contributed by atoms with Gasteiger partial charge in [-0.1, -0.05) is 42.1 Å². The molecule has 0 aliphatic heterocycles. The maximum atomic E-state index is 4.77. The normalized spacial score (nSPS) is 19.6. The molecular formula is C14H17BrN2. The molecule has 1 fully saturated rings. The summed E-state index contributed by atoms with van der Waals surface area (Å²) < 4.78 is 1.11. The van der Waals surface area contributed by atoms with Gasteiger partial charge in [0.15, 0.2) is 0 Å². The van der Waals surface area contributed by atoms with Crippen molar-refractivity contribution in [3.05, 3.63) is 28.5 Å². The Morgan fingerprint density at radius 2 is 2.00 bits per heavy atom. The molecule has 0 radical (unpaired) electrons. The van der Waals surface area contributed by atoms with Gasteiger partial charge in [-0.25, -0.2) is 4.98 Å². The Morgan fingerprint density at radius 1 is 1.24 bits per heavy atom. The van der Waals surface area contributed by atoms with Crippen molar-refractivity contribution in [1.82, 2.24) is 9.97 Å². The van der Waals surface area contributed by atoms with Crippen LogP contribution in [0.4, 0.5) is 0 Å². The van der Waals surface area contributed by atoms with Crippen LogP contribution in [0.3, 0.4) is 0 Å². The molecule has 90 valence electrons. The molecule has 0 bridgehead atoms. The molecule has 1 N–H and O–H groups in total. The average Bonchev–Trinajstić information content (AvgIpc) is 2.73. The molecule has 1 heterocycles. The number of benzene rings is 1. The van der Waals surface area contributed by atoms with Gasteiger partial charge in [-0.05, 0) is 31.0 Å². The van der Waals surface area contributed by atoms with Crippen molar-refractivity contribution < 1.29 is 0 Å². The maximum absolute atomic E-state index is 4.77. The van der Waals surface area contributed by atoms with Crippen LogP contribution in [0.2, 0.25) is 0 Å². The first-order valence-corrected chi connectivity index (χ1v) is 7.12. The minimum atomic E-state index is 0.254. The lowest BCUT2D eigenvalue weighted by Crippen LogP contribution is -2.26. The third kappa shape index (κ3) is 2.01. The van der Waals surface area contributed by atoms with Gasteiger partial charge in [-0.2, -0.15) is 0 Å². The van der Waals surface area contributed by atoms with Crippen LogP contribution in [-0.4, -0.2) is 9.97 Å². The molecule has 0 atom stereocenters. The molecule has 17 heavy (non-hydrogen) atoms. The molecule has 3 heteroatoms. The fourth-order valence-corrected chi connectivity index (χ4v) is 3.20. The van der Waals surface area contributed by atoms with Gasteiger partial charge in [-0.15, -0.1) is 0 Å². The fraction of sp³-hybridized carbons (Fsp3) is 0.500. The second-order valence-electron chi connectivity index (χ2n) is 5.37. The van der Waals surface area contributed by atoms with Crippen LogP contribution in [0.1, 0.15) is 44.9 Å². The van der Waals surface area contributed by atoms with Crippen molar-refractivity contribution in [3.8, 4) is 0 Å². The van der Waals surface area contributed by atoms with Crippen molar-refractivity contribution >= 4 is 27.0 Å². The van der Waals surface area contributed by atoms with E-state index in [1.54, 1.807) is 0 Å². The molecule has 1 saturated carbocycles. The van der Waals surface area contributed by atoms with Crippen LogP contribution < -0.4 is 0 Å². The summed E-state index contributed by atoms with van der Waals surface area (Å²) in [4.78, 5) is 8.28. The summed E-state index contributed by atoms with van der Waals surface area (Å²) in [5.74, 6) is 1.17. The van der Waals surface area contributed by atoms with E-state index in [-0.39, 0.29) is 5.41 Å². The SMILES string of the molecule is CC1(c2nc3ccc(Br)cc3[nH]2)CCCCC1. The predicted molar refractivity (Wildman–Crippen MR) is 74.2 cm³/mol. The summed E-state index contributed by atoms with van der Waals surface area (Å²) in [6, 6.07) is 6.24. The van der Waals surface area contributed by atoms with Gasteiger partial charge in [0.1, 0.15) is 5.82 Å². The molecule has 1 aromatic heterocycles. The third-order valence-corrected chi connectivity index (χ3v) is 4.47. The van der Waals surface area contributed by atoms with Crippen LogP contribution in [0.25, 0.3) is 11.0 Å². The lowest BCUT2D eigenvalue weighted by atomic mass is 9.75. The largest absolute Gasteiger partial charge is 0.341 e. The summed E-state index contributed by atoms with van der Waals surface area (Å²) >= 11 is 3.50. The van der Waals surface area contributed by atoms with E-state index < -0.39 is 0 Å². The number of hydrogen-bond donors (Lipinski definition) is 1. The van der Waals surface area contributed by atoms with Crippen molar-refractivity contribution in [1.29, 1.82) is 0 Å². The van der Waals surface area contributed by atoms with Gasteiger partial charge in [0.25, 0.3) is 0 Å². The molecule has 2 nitrogen and oxygen atoms in total. The molecule has 1 aliphatic carbocycles. The zero-order valence-electron chi connectivity index (χ0n) is 10.1. The van der Waals surface area contributed by atoms with Gasteiger partial charge in [0.05, 0.1) is 11.0 Å². The second kappa shape index (κ2) is 4.13. The number of halogens is 1. The first kappa shape index (κ1) is 11.3. The van der Waals surface area contributed by atoms with Crippen LogP contribution >= 0.6 is 15.9 Å². The van der Waals surface area contributed by atoms with E-state index in [1.165, 1.54) is 37.9 Å². The van der Waals surface area contributed by atoms with E-state index in [9.17, 15) is 0 Å². The number of hydrogen-bond acceptors (Lipinski definition) is 1. The summed E-state index contributed by atoms with van der Waals surface area (Å²) in [5, 5.41) is 0. The lowest BCUT2D eigenvalue weighted by Gasteiger charge is -2.31. The molecule has 0 spiro atoms. The van der Waals surface area contributed by atoms with Crippen LogP contribution in [0, 0.1) is 0 Å². The monoisotopic (exact) mass is 292 g/mol. The summed E-state index contributed by atoms with van der Waals surface area (Å²) in [6.07, 6.45) is 6.55. The van der Waals surface area contributed by atoms with Crippen molar-refractivity contribution in [2.45, 2.75) is 44.4 Å². The minimum absolute atomic E-state index is 0.254. The highest BCUT2D eigenvalue weighted by Gasteiger charge is 2.31. The van der Waals surface area contributed by atoms with Crippen LogP contribution in [-0.2, 0) is 5.41 Å². The Morgan fingerprint density at radius 3 is 2.76 bits per heavy atom. The number of nitrogens with one attached hydrogen (secondary N) is 1. The molecule has 3 rings (SSSR count). The first-order valence-electron chi connectivity index (χ1n) is 6.33. The summed E-state index contributed by atoms with van der Waals surface area (Å²) in [7, 11) is 0. The van der Waals surface area contributed by atoms with Crippen molar-refractivity contribution in [2.24, 2.45) is 0 Å². The quantitative estimate of drug-likeness (QED) is 0.821. The number of imidazole rings is 1. The highest BCUT2D eigenvalue weighted by molar-refractivity contribution is 9.10. The minimum Gasteiger partial charge on any atom is -0.341 e. The molecule has 1 aromatic carbocycles. The van der Waals surface area contributed by atoms with Gasteiger partial charge in [-0.3, -0.25) is 0 Å². The molecule has 2 aromatic rings. The topological polar surface area (TPSA) is 28.7 Å². The molecule has 1 aliphatic rings. The smallest absolute Gasteiger partial charge is 0.113 e. The van der Waals surface area contributed by atoms with E-state index in [0.29, 0.717) is 0 Å². The number of aromatic nitrogens is 2. The Hall–Kier alpha value is -0.830. The lowest BCUT2D eigenvalue weighted by molar-refractivity contribution is 0.306. The Bertz CT molecular complexity index is 538. The highest BCUT2D eigenvalue weighted by Crippen LogP contribution is 2.38. The molecular weight excluding hydrogens is 276 g/mol. The van der Waals surface area contributed by atoms with E-state index in [4.69, 9.17) is 4.98 Å². The Kier molecular flexibility index (Phi) is 2.74. The van der Waals surface area contributed by atoms with Gasteiger partial charge in [0.2, 0.25) is 0 Å². The Labute approximate surface area is 110 Å². The molecule has 0 unspecified atom stereocenters. The van der Waals surface area contributed by atoms with Crippen molar-refractivity contribution in [3.63, 3.8) is 0 Å². The molecule has 0 amide bonds.